The van der Waals surface area contributed by atoms with E-state index < -0.39 is 10.0 Å². The third-order valence-corrected chi connectivity index (χ3v) is 5.88. The van der Waals surface area contributed by atoms with Gasteiger partial charge in [-0.15, -0.1) is 0 Å². The maximum Gasteiger partial charge on any atom is 0.261 e. The lowest BCUT2D eigenvalue weighted by atomic mass is 10.2. The first-order chi connectivity index (χ1) is 13.0. The third-order valence-electron chi connectivity index (χ3n) is 4.48. The summed E-state index contributed by atoms with van der Waals surface area (Å²) in [5.74, 6) is 0.441. The molecule has 2 aromatic rings. The second-order valence-electron chi connectivity index (χ2n) is 6.53. The van der Waals surface area contributed by atoms with Gasteiger partial charge in [0, 0.05) is 18.8 Å². The average molecular weight is 388 g/mol. The van der Waals surface area contributed by atoms with Crippen molar-refractivity contribution in [3.05, 3.63) is 54.6 Å². The van der Waals surface area contributed by atoms with Crippen molar-refractivity contribution in [3.63, 3.8) is 0 Å². The minimum Gasteiger partial charge on any atom is -0.484 e. The summed E-state index contributed by atoms with van der Waals surface area (Å²) in [4.78, 5) is 14.2. The first-order valence-electron chi connectivity index (χ1n) is 9.13. The van der Waals surface area contributed by atoms with E-state index in [1.165, 1.54) is 12.1 Å². The first kappa shape index (κ1) is 19.2. The van der Waals surface area contributed by atoms with Gasteiger partial charge in [-0.3, -0.25) is 9.52 Å². The van der Waals surface area contributed by atoms with Crippen LogP contribution in [0.25, 0.3) is 0 Å². The molecule has 1 fully saturated rings. The van der Waals surface area contributed by atoms with Crippen molar-refractivity contribution < 1.29 is 17.9 Å². The van der Waals surface area contributed by atoms with Gasteiger partial charge in [-0.25, -0.2) is 8.42 Å². The molecule has 0 aromatic heterocycles. The van der Waals surface area contributed by atoms with Crippen LogP contribution in [-0.4, -0.2) is 38.9 Å². The zero-order valence-corrected chi connectivity index (χ0v) is 16.0. The van der Waals surface area contributed by atoms with Gasteiger partial charge in [-0.05, 0) is 49.2 Å². The van der Waals surface area contributed by atoms with Crippen LogP contribution in [-0.2, 0) is 14.8 Å². The van der Waals surface area contributed by atoms with E-state index in [1.807, 2.05) is 11.0 Å². The lowest BCUT2D eigenvalue weighted by Crippen LogP contribution is -2.35. The van der Waals surface area contributed by atoms with Crippen molar-refractivity contribution in [3.8, 4) is 5.75 Å². The van der Waals surface area contributed by atoms with E-state index in [2.05, 4.69) is 4.72 Å². The molecule has 6 nitrogen and oxygen atoms in total. The number of hydrogen-bond acceptors (Lipinski definition) is 4. The van der Waals surface area contributed by atoms with E-state index in [4.69, 9.17) is 4.74 Å². The summed E-state index contributed by atoms with van der Waals surface area (Å²) in [7, 11) is -3.66. The number of para-hydroxylation sites is 1. The Morgan fingerprint density at radius 1 is 0.926 bits per heavy atom. The van der Waals surface area contributed by atoms with Crippen LogP contribution in [0, 0.1) is 0 Å². The highest BCUT2D eigenvalue weighted by molar-refractivity contribution is 7.92. The lowest BCUT2D eigenvalue weighted by Gasteiger charge is -2.20. The number of hydrogen-bond donors (Lipinski definition) is 1. The molecule has 0 unspecified atom stereocenters. The van der Waals surface area contributed by atoms with Crippen LogP contribution < -0.4 is 9.46 Å². The zero-order valence-electron chi connectivity index (χ0n) is 15.1. The van der Waals surface area contributed by atoms with Gasteiger partial charge in [0.1, 0.15) is 5.75 Å². The van der Waals surface area contributed by atoms with E-state index in [1.54, 1.807) is 36.4 Å². The van der Waals surface area contributed by atoms with Crippen LogP contribution in [0.3, 0.4) is 0 Å². The summed E-state index contributed by atoms with van der Waals surface area (Å²) >= 11 is 0. The average Bonchev–Trinajstić information content (AvgIpc) is 2.96. The summed E-state index contributed by atoms with van der Waals surface area (Å²) in [6.45, 7) is 1.53. The van der Waals surface area contributed by atoms with Gasteiger partial charge >= 0.3 is 0 Å². The Hall–Kier alpha value is -2.54. The maximum atomic E-state index is 12.4. The molecule has 0 atom stereocenters. The van der Waals surface area contributed by atoms with Crippen molar-refractivity contribution in [2.24, 2.45) is 0 Å². The van der Waals surface area contributed by atoms with Crippen molar-refractivity contribution in [1.82, 2.24) is 4.90 Å². The molecule has 7 heteroatoms. The standard InChI is InChI=1S/C20H24N2O4S/c23-20(22-14-6-1-2-7-15-22)16-26-18-10-12-19(13-11-18)27(24,25)21-17-8-4-3-5-9-17/h3-5,8-13,21H,1-2,6-7,14-16H2. The van der Waals surface area contributed by atoms with Crippen molar-refractivity contribution in [2.45, 2.75) is 30.6 Å². The first-order valence-corrected chi connectivity index (χ1v) is 10.6. The van der Waals surface area contributed by atoms with Crippen molar-refractivity contribution in [2.75, 3.05) is 24.4 Å². The Balaban J connectivity index is 1.57. The van der Waals surface area contributed by atoms with E-state index in [9.17, 15) is 13.2 Å². The van der Waals surface area contributed by atoms with Crippen LogP contribution in [0.4, 0.5) is 5.69 Å². The number of nitrogens with zero attached hydrogens (tertiary/aromatic N) is 1. The number of nitrogens with one attached hydrogen (secondary N) is 1. The molecule has 1 aliphatic rings. The molecule has 1 saturated heterocycles. The van der Waals surface area contributed by atoms with Crippen LogP contribution in [0.5, 0.6) is 5.75 Å². The van der Waals surface area contributed by atoms with Crippen LogP contribution >= 0.6 is 0 Å². The number of anilines is 1. The van der Waals surface area contributed by atoms with E-state index in [0.29, 0.717) is 11.4 Å². The topological polar surface area (TPSA) is 75.7 Å². The molecule has 0 spiro atoms. The van der Waals surface area contributed by atoms with E-state index >= 15 is 0 Å². The smallest absolute Gasteiger partial charge is 0.261 e. The van der Waals surface area contributed by atoms with Gasteiger partial charge in [-0.2, -0.15) is 0 Å². The fraction of sp³-hybridized carbons (Fsp3) is 0.350. The van der Waals surface area contributed by atoms with Gasteiger partial charge in [0.05, 0.1) is 4.90 Å². The Bertz CT molecular complexity index is 843. The molecule has 0 bridgehead atoms. The largest absolute Gasteiger partial charge is 0.484 e. The van der Waals surface area contributed by atoms with Gasteiger partial charge in [0.2, 0.25) is 0 Å². The number of likely N-dealkylation sites (tertiary alicyclic amines) is 1. The quantitative estimate of drug-likeness (QED) is 0.824. The Morgan fingerprint density at radius 2 is 1.56 bits per heavy atom. The van der Waals surface area contributed by atoms with Gasteiger partial charge < -0.3 is 9.64 Å². The van der Waals surface area contributed by atoms with Crippen molar-refractivity contribution >= 4 is 21.6 Å². The van der Waals surface area contributed by atoms with Gasteiger partial charge in [-0.1, -0.05) is 31.0 Å². The normalized spacial score (nSPS) is 15.0. The molecular weight excluding hydrogens is 364 g/mol. The zero-order chi connectivity index (χ0) is 19.1. The van der Waals surface area contributed by atoms with Gasteiger partial charge in [0.25, 0.3) is 15.9 Å². The highest BCUT2D eigenvalue weighted by Gasteiger charge is 2.17. The number of carbonyl (C=O) groups is 1. The molecule has 27 heavy (non-hydrogen) atoms. The summed E-state index contributed by atoms with van der Waals surface area (Å²) in [5.41, 5.74) is 0.501. The molecular formula is C20H24N2O4S. The highest BCUT2D eigenvalue weighted by Crippen LogP contribution is 2.19. The highest BCUT2D eigenvalue weighted by atomic mass is 32.2. The molecule has 1 heterocycles. The Labute approximate surface area is 160 Å². The number of benzene rings is 2. The summed E-state index contributed by atoms with van der Waals surface area (Å²) in [6.07, 6.45) is 4.40. The minimum atomic E-state index is -3.66. The fourth-order valence-corrected chi connectivity index (χ4v) is 4.05. The second-order valence-corrected chi connectivity index (χ2v) is 8.21. The molecule has 1 N–H and O–H groups in total. The van der Waals surface area contributed by atoms with Crippen LogP contribution in [0.2, 0.25) is 0 Å². The summed E-state index contributed by atoms with van der Waals surface area (Å²) < 4.78 is 32.9. The maximum absolute atomic E-state index is 12.4. The molecule has 0 saturated carbocycles. The lowest BCUT2D eigenvalue weighted by molar-refractivity contribution is -0.133. The Kier molecular flexibility index (Phi) is 6.34. The minimum absolute atomic E-state index is 0.0284. The fourth-order valence-electron chi connectivity index (χ4n) is 2.99. The number of carbonyl (C=O) groups excluding carboxylic acids is 1. The van der Waals surface area contributed by atoms with E-state index in [0.717, 1.165) is 38.8 Å². The number of rotatable bonds is 6. The predicted octanol–water partition coefficient (Wildman–Crippen LogP) is 3.27. The Morgan fingerprint density at radius 3 is 2.19 bits per heavy atom. The predicted molar refractivity (Wildman–Crippen MR) is 104 cm³/mol. The third kappa shape index (κ3) is 5.47. The molecule has 0 radical (unpaired) electrons. The molecule has 1 aliphatic heterocycles. The molecule has 2 aromatic carbocycles. The van der Waals surface area contributed by atoms with Crippen LogP contribution in [0.15, 0.2) is 59.5 Å². The molecule has 3 rings (SSSR count). The number of amides is 1. The second kappa shape index (κ2) is 8.90. The molecule has 144 valence electrons. The summed E-state index contributed by atoms with van der Waals surface area (Å²) in [6, 6.07) is 14.8. The number of sulfonamides is 1. The monoisotopic (exact) mass is 388 g/mol. The summed E-state index contributed by atoms with van der Waals surface area (Å²) in [5, 5.41) is 0. The molecule has 0 aliphatic carbocycles. The number of ether oxygens (including phenoxy) is 1. The van der Waals surface area contributed by atoms with Gasteiger partial charge in [0.15, 0.2) is 6.61 Å². The molecule has 1 amide bonds. The van der Waals surface area contributed by atoms with Crippen molar-refractivity contribution in [1.29, 1.82) is 0 Å². The van der Waals surface area contributed by atoms with E-state index in [-0.39, 0.29) is 17.4 Å². The SMILES string of the molecule is O=C(COc1ccc(S(=O)(=O)Nc2ccccc2)cc1)N1CCCCCC1. The van der Waals surface area contributed by atoms with Crippen LogP contribution in [0.1, 0.15) is 25.7 Å².